The number of ether oxygens (including phenoxy) is 4. The Bertz CT molecular complexity index is 1480. The maximum Gasteiger partial charge on any atom is 0.410 e. The van der Waals surface area contributed by atoms with Crippen molar-refractivity contribution in [1.82, 2.24) is 19.7 Å². The Hall–Kier alpha value is -3.50. The van der Waals surface area contributed by atoms with Crippen LogP contribution in [0.3, 0.4) is 0 Å². The number of rotatable bonds is 10. The molecule has 228 valence electrons. The van der Waals surface area contributed by atoms with E-state index in [-0.39, 0.29) is 6.09 Å². The van der Waals surface area contributed by atoms with Crippen LogP contribution in [0.5, 0.6) is 11.5 Å². The second-order valence-corrected chi connectivity index (χ2v) is 16.8. The quantitative estimate of drug-likeness (QED) is 0.249. The maximum absolute atomic E-state index is 12.5. The summed E-state index contributed by atoms with van der Waals surface area (Å²) in [4.78, 5) is 14.3. The third-order valence-corrected chi connectivity index (χ3v) is 8.35. The van der Waals surface area contributed by atoms with E-state index in [9.17, 15) is 4.79 Å². The molecule has 0 unspecified atom stereocenters. The van der Waals surface area contributed by atoms with E-state index in [0.29, 0.717) is 50.0 Å². The van der Waals surface area contributed by atoms with Gasteiger partial charge in [0.1, 0.15) is 12.3 Å². The zero-order chi connectivity index (χ0) is 30.7. The molecule has 0 saturated carbocycles. The molecule has 3 heterocycles. The molecule has 3 aromatic rings. The van der Waals surface area contributed by atoms with Crippen LogP contribution < -0.4 is 9.47 Å². The molecule has 1 aliphatic rings. The van der Waals surface area contributed by atoms with Gasteiger partial charge in [-0.15, -0.1) is 10.2 Å². The van der Waals surface area contributed by atoms with E-state index in [1.54, 1.807) is 19.1 Å². The van der Waals surface area contributed by atoms with Crippen molar-refractivity contribution >= 4 is 38.8 Å². The van der Waals surface area contributed by atoms with Crippen LogP contribution in [-0.4, -0.2) is 89.8 Å². The predicted molar refractivity (Wildman–Crippen MR) is 173 cm³/mol. The minimum Gasteiger partial charge on any atom is -0.493 e. The number of carbonyl (C=O) groups is 1. The molecule has 10 heteroatoms. The topological polar surface area (TPSA) is 87.9 Å². The van der Waals surface area contributed by atoms with Gasteiger partial charge in [-0.05, 0) is 75.8 Å². The first-order valence-electron chi connectivity index (χ1n) is 14.0. The lowest BCUT2D eigenvalue weighted by Crippen LogP contribution is -2.39. The lowest BCUT2D eigenvalue weighted by Gasteiger charge is -2.29. The van der Waals surface area contributed by atoms with Crippen LogP contribution in [-0.2, 0) is 16.2 Å². The number of benzene rings is 1. The second-order valence-electron chi connectivity index (χ2n) is 12.2. The highest BCUT2D eigenvalue weighted by Crippen LogP contribution is 2.39. The van der Waals surface area contributed by atoms with Gasteiger partial charge in [0, 0.05) is 35.4 Å². The Morgan fingerprint density at radius 3 is 2.43 bits per heavy atom. The first kappa shape index (κ1) is 31.4. The fourth-order valence-corrected chi connectivity index (χ4v) is 5.42. The maximum atomic E-state index is 12.5. The molecule has 0 fully saturated rings. The van der Waals surface area contributed by atoms with E-state index >= 15 is 0 Å². The van der Waals surface area contributed by atoms with E-state index in [1.807, 2.05) is 51.1 Å². The van der Waals surface area contributed by atoms with Crippen LogP contribution in [0.15, 0.2) is 36.9 Å². The molecule has 1 aromatic carbocycles. The van der Waals surface area contributed by atoms with Crippen molar-refractivity contribution < 1.29 is 23.7 Å². The van der Waals surface area contributed by atoms with Crippen molar-refractivity contribution in [3.8, 4) is 22.8 Å². The number of fused-ring (bicyclic) bond motifs is 1. The molecule has 0 aliphatic carbocycles. The van der Waals surface area contributed by atoms with Crippen molar-refractivity contribution in [3.63, 3.8) is 0 Å². The Kier molecular flexibility index (Phi) is 9.57. The van der Waals surface area contributed by atoms with Gasteiger partial charge < -0.3 is 23.8 Å². The van der Waals surface area contributed by atoms with Crippen molar-refractivity contribution in [1.29, 1.82) is 0 Å². The lowest BCUT2D eigenvalue weighted by atomic mass is 10.0. The van der Waals surface area contributed by atoms with Gasteiger partial charge in [0.05, 0.1) is 32.2 Å². The van der Waals surface area contributed by atoms with Gasteiger partial charge in [0.2, 0.25) is 0 Å². The number of methoxy groups -OCH3 is 2. The molecule has 0 atom stereocenters. The smallest absolute Gasteiger partial charge is 0.410 e. The van der Waals surface area contributed by atoms with Gasteiger partial charge >= 0.3 is 6.09 Å². The number of nitrogens with zero attached hydrogens (tertiary/aromatic N) is 4. The summed E-state index contributed by atoms with van der Waals surface area (Å²) in [6.07, 6.45) is 11.1. The highest BCUT2D eigenvalue weighted by atomic mass is 32.3. The summed E-state index contributed by atoms with van der Waals surface area (Å²) in [6, 6.07) is 7.92. The molecule has 4 rings (SSSR count). The SMILES string of the molecule is C=Cc1c(-c2ccc(OC)c(OC)c2)n(COCCS(C)(C)C)c2nnc(C3=CCN(C(=O)OC(C)(C)C)CC3)cc12. The summed E-state index contributed by atoms with van der Waals surface area (Å²) >= 11 is 0. The lowest BCUT2D eigenvalue weighted by molar-refractivity contribution is 0.0270. The molecular weight excluding hydrogens is 552 g/mol. The van der Waals surface area contributed by atoms with Crippen LogP contribution >= 0.6 is 10.0 Å². The standard InChI is InChI=1S/C32H44N4O5S/c1-10-24-25-20-26(22-13-15-35(16-14-22)31(37)41-32(2,3)4)33-34-30(25)36(21-40-17-18-42(7,8)9)29(24)23-11-12-27(38-5)28(19-23)39-6/h10-13,19-20H,1,14-18,21H2,2-9H3. The summed E-state index contributed by atoms with van der Waals surface area (Å²) in [6.45, 7) is 11.8. The highest BCUT2D eigenvalue weighted by Gasteiger charge is 2.26. The third kappa shape index (κ3) is 7.28. The monoisotopic (exact) mass is 596 g/mol. The van der Waals surface area contributed by atoms with Gasteiger partial charge in [-0.25, -0.2) is 14.8 Å². The molecule has 0 spiro atoms. The molecule has 1 aliphatic heterocycles. The second kappa shape index (κ2) is 12.8. The van der Waals surface area contributed by atoms with Crippen molar-refractivity contribution in [2.24, 2.45) is 0 Å². The molecule has 0 N–H and O–H groups in total. The normalized spacial score (nSPS) is 14.5. The summed E-state index contributed by atoms with van der Waals surface area (Å²) < 4.78 is 24.9. The molecular formula is C32H44N4O5S. The van der Waals surface area contributed by atoms with E-state index < -0.39 is 15.6 Å². The highest BCUT2D eigenvalue weighted by molar-refractivity contribution is 8.32. The zero-order valence-corrected chi connectivity index (χ0v) is 27.0. The van der Waals surface area contributed by atoms with Crippen LogP contribution in [0.1, 0.15) is 38.4 Å². The molecule has 0 saturated heterocycles. The molecule has 9 nitrogen and oxygen atoms in total. The van der Waals surface area contributed by atoms with Gasteiger partial charge in [0.15, 0.2) is 17.1 Å². The Morgan fingerprint density at radius 2 is 1.83 bits per heavy atom. The first-order chi connectivity index (χ1) is 19.8. The summed E-state index contributed by atoms with van der Waals surface area (Å²) in [5, 5.41) is 10.3. The minimum atomic E-state index is -0.684. The molecule has 2 aromatic heterocycles. The average molecular weight is 597 g/mol. The van der Waals surface area contributed by atoms with Crippen molar-refractivity contribution in [2.45, 2.75) is 39.5 Å². The Morgan fingerprint density at radius 1 is 1.10 bits per heavy atom. The number of amides is 1. The van der Waals surface area contributed by atoms with Gasteiger partial charge in [-0.3, -0.25) is 4.57 Å². The van der Waals surface area contributed by atoms with Crippen LogP contribution in [0.25, 0.3) is 33.9 Å². The fourth-order valence-electron chi connectivity index (χ4n) is 4.80. The van der Waals surface area contributed by atoms with Crippen LogP contribution in [0, 0.1) is 0 Å². The number of carbonyl (C=O) groups excluding carboxylic acids is 1. The Balaban J connectivity index is 1.74. The average Bonchev–Trinajstić information content (AvgIpc) is 3.26. The number of hydrogen-bond donors (Lipinski definition) is 0. The third-order valence-electron chi connectivity index (χ3n) is 6.96. The Labute approximate surface area is 250 Å². The van der Waals surface area contributed by atoms with E-state index in [0.717, 1.165) is 39.2 Å². The van der Waals surface area contributed by atoms with Crippen molar-refractivity contribution in [2.75, 3.05) is 58.4 Å². The fraction of sp³-hybridized carbons (Fsp3) is 0.469. The number of hydrogen-bond acceptors (Lipinski definition) is 7. The van der Waals surface area contributed by atoms with Crippen LogP contribution in [0.4, 0.5) is 4.79 Å². The molecule has 1 amide bonds. The van der Waals surface area contributed by atoms with Gasteiger partial charge in [-0.1, -0.05) is 18.7 Å². The largest absolute Gasteiger partial charge is 0.493 e. The molecule has 0 radical (unpaired) electrons. The predicted octanol–water partition coefficient (Wildman–Crippen LogP) is 6.45. The zero-order valence-electron chi connectivity index (χ0n) is 26.2. The first-order valence-corrected chi connectivity index (χ1v) is 17.0. The molecule has 42 heavy (non-hydrogen) atoms. The van der Waals surface area contributed by atoms with Gasteiger partial charge in [0.25, 0.3) is 0 Å². The minimum absolute atomic E-state index is 0.307. The van der Waals surface area contributed by atoms with Crippen LogP contribution in [0.2, 0.25) is 0 Å². The summed E-state index contributed by atoms with van der Waals surface area (Å²) in [5.74, 6) is 2.30. The number of aromatic nitrogens is 3. The summed E-state index contributed by atoms with van der Waals surface area (Å²) in [7, 11) is 2.57. The van der Waals surface area contributed by atoms with E-state index in [1.165, 1.54) is 0 Å². The van der Waals surface area contributed by atoms with E-state index in [2.05, 4.69) is 41.1 Å². The van der Waals surface area contributed by atoms with E-state index in [4.69, 9.17) is 24.0 Å². The summed E-state index contributed by atoms with van der Waals surface area (Å²) in [5.41, 5.74) is 4.79. The molecule has 0 bridgehead atoms. The van der Waals surface area contributed by atoms with Crippen molar-refractivity contribution in [3.05, 3.63) is 48.2 Å². The van der Waals surface area contributed by atoms with Gasteiger partial charge in [-0.2, -0.15) is 0 Å².